The number of hydrogen-bond donors (Lipinski definition) is 0. The first-order valence-electron chi connectivity index (χ1n) is 10.8. The zero-order chi connectivity index (χ0) is 21.1. The molecular formula is C24H29Cl2N3O. The summed E-state index contributed by atoms with van der Waals surface area (Å²) in [6.45, 7) is 8.15. The Labute approximate surface area is 189 Å². The van der Waals surface area contributed by atoms with Crippen molar-refractivity contribution in [1.82, 2.24) is 9.80 Å². The third-order valence-electron chi connectivity index (χ3n) is 6.39. The quantitative estimate of drug-likeness (QED) is 0.671. The van der Waals surface area contributed by atoms with E-state index in [0.717, 1.165) is 74.3 Å². The molecule has 2 saturated heterocycles. The predicted molar refractivity (Wildman–Crippen MR) is 124 cm³/mol. The van der Waals surface area contributed by atoms with Crippen LogP contribution in [0.25, 0.3) is 0 Å². The Kier molecular flexibility index (Phi) is 6.87. The lowest BCUT2D eigenvalue weighted by atomic mass is 9.94. The van der Waals surface area contributed by atoms with Gasteiger partial charge < -0.3 is 9.80 Å². The highest BCUT2D eigenvalue weighted by atomic mass is 35.5. The van der Waals surface area contributed by atoms with Crippen LogP contribution >= 0.6 is 23.2 Å². The van der Waals surface area contributed by atoms with Crippen molar-refractivity contribution < 1.29 is 4.79 Å². The van der Waals surface area contributed by atoms with Crippen LogP contribution in [-0.2, 0) is 11.3 Å². The molecule has 2 aromatic carbocycles. The van der Waals surface area contributed by atoms with Gasteiger partial charge in [0.2, 0.25) is 5.91 Å². The number of piperazine rings is 1. The standard InChI is InChI=1S/C24H29Cl2N3O/c1-18-6-7-21(25)16-23(18)28-12-14-29(15-13-28)24(30)19-8-10-27(11-9-19)17-20-4-2-3-5-22(20)26/h2-7,16,19H,8-15,17H2,1H3. The molecule has 0 radical (unpaired) electrons. The number of aryl methyl sites for hydroxylation is 1. The number of piperidine rings is 1. The van der Waals surface area contributed by atoms with Crippen LogP contribution in [0, 0.1) is 12.8 Å². The summed E-state index contributed by atoms with van der Waals surface area (Å²) in [7, 11) is 0. The minimum absolute atomic E-state index is 0.145. The molecule has 4 nitrogen and oxygen atoms in total. The Morgan fingerprint density at radius 1 is 0.967 bits per heavy atom. The van der Waals surface area contributed by atoms with Gasteiger partial charge in [0.1, 0.15) is 0 Å². The topological polar surface area (TPSA) is 26.8 Å². The summed E-state index contributed by atoms with van der Waals surface area (Å²) in [5.41, 5.74) is 3.57. The molecule has 2 heterocycles. The van der Waals surface area contributed by atoms with Crippen molar-refractivity contribution in [1.29, 1.82) is 0 Å². The maximum Gasteiger partial charge on any atom is 0.225 e. The van der Waals surface area contributed by atoms with Gasteiger partial charge in [-0.2, -0.15) is 0 Å². The molecular weight excluding hydrogens is 417 g/mol. The first-order valence-corrected chi connectivity index (χ1v) is 11.5. The van der Waals surface area contributed by atoms with Gasteiger partial charge in [-0.3, -0.25) is 9.69 Å². The minimum Gasteiger partial charge on any atom is -0.368 e. The molecule has 1 amide bonds. The average Bonchev–Trinajstić information content (AvgIpc) is 2.77. The third-order valence-corrected chi connectivity index (χ3v) is 7.00. The number of anilines is 1. The molecule has 0 N–H and O–H groups in total. The van der Waals surface area contributed by atoms with E-state index in [1.165, 1.54) is 11.3 Å². The van der Waals surface area contributed by atoms with Gasteiger partial charge in [-0.25, -0.2) is 0 Å². The smallest absolute Gasteiger partial charge is 0.225 e. The molecule has 0 saturated carbocycles. The van der Waals surface area contributed by atoms with Crippen molar-refractivity contribution in [3.05, 3.63) is 63.6 Å². The number of hydrogen-bond acceptors (Lipinski definition) is 3. The number of nitrogens with zero attached hydrogens (tertiary/aromatic N) is 3. The molecule has 0 unspecified atom stereocenters. The summed E-state index contributed by atoms with van der Waals surface area (Å²) < 4.78 is 0. The number of halogens is 2. The van der Waals surface area contributed by atoms with Crippen LogP contribution in [0.1, 0.15) is 24.0 Å². The monoisotopic (exact) mass is 445 g/mol. The molecule has 4 rings (SSSR count). The zero-order valence-electron chi connectivity index (χ0n) is 17.5. The van der Waals surface area contributed by atoms with E-state index >= 15 is 0 Å². The normalized spacial score (nSPS) is 18.6. The Balaban J connectivity index is 1.27. The van der Waals surface area contributed by atoms with Gasteiger partial charge in [0, 0.05) is 54.4 Å². The molecule has 160 valence electrons. The van der Waals surface area contributed by atoms with Crippen molar-refractivity contribution in [3.63, 3.8) is 0 Å². The van der Waals surface area contributed by atoms with E-state index in [2.05, 4.69) is 33.8 Å². The van der Waals surface area contributed by atoms with Gasteiger partial charge in [0.15, 0.2) is 0 Å². The summed E-state index contributed by atoms with van der Waals surface area (Å²) in [4.78, 5) is 19.9. The maximum absolute atomic E-state index is 13.1. The molecule has 2 aliphatic rings. The second-order valence-electron chi connectivity index (χ2n) is 8.38. The van der Waals surface area contributed by atoms with Crippen LogP contribution in [0.5, 0.6) is 0 Å². The highest BCUT2D eigenvalue weighted by Gasteiger charge is 2.30. The number of benzene rings is 2. The van der Waals surface area contributed by atoms with Crippen LogP contribution in [0.3, 0.4) is 0 Å². The number of rotatable bonds is 4. The summed E-state index contributed by atoms with van der Waals surface area (Å²) in [5, 5.41) is 1.58. The molecule has 0 aliphatic carbocycles. The van der Waals surface area contributed by atoms with Crippen molar-refractivity contribution in [3.8, 4) is 0 Å². The van der Waals surface area contributed by atoms with Crippen LogP contribution < -0.4 is 4.90 Å². The van der Waals surface area contributed by atoms with E-state index < -0.39 is 0 Å². The van der Waals surface area contributed by atoms with Crippen LogP contribution in [0.15, 0.2) is 42.5 Å². The predicted octanol–water partition coefficient (Wildman–Crippen LogP) is 4.86. The highest BCUT2D eigenvalue weighted by molar-refractivity contribution is 6.31. The zero-order valence-corrected chi connectivity index (χ0v) is 19.0. The van der Waals surface area contributed by atoms with Gasteiger partial charge in [-0.1, -0.05) is 47.5 Å². The van der Waals surface area contributed by atoms with Gasteiger partial charge in [0.05, 0.1) is 0 Å². The second kappa shape index (κ2) is 9.59. The fourth-order valence-corrected chi connectivity index (χ4v) is 4.92. The molecule has 30 heavy (non-hydrogen) atoms. The van der Waals surface area contributed by atoms with Gasteiger partial charge >= 0.3 is 0 Å². The first-order chi connectivity index (χ1) is 14.5. The second-order valence-corrected chi connectivity index (χ2v) is 9.23. The largest absolute Gasteiger partial charge is 0.368 e. The SMILES string of the molecule is Cc1ccc(Cl)cc1N1CCN(C(=O)C2CCN(Cc3ccccc3Cl)CC2)CC1. The number of amides is 1. The van der Waals surface area contributed by atoms with Gasteiger partial charge in [-0.15, -0.1) is 0 Å². The third kappa shape index (κ3) is 4.93. The van der Waals surface area contributed by atoms with Gasteiger partial charge in [0.25, 0.3) is 0 Å². The molecule has 0 aromatic heterocycles. The summed E-state index contributed by atoms with van der Waals surface area (Å²) in [6, 6.07) is 14.0. The fourth-order valence-electron chi connectivity index (χ4n) is 4.55. The molecule has 2 fully saturated rings. The average molecular weight is 446 g/mol. The summed E-state index contributed by atoms with van der Waals surface area (Å²) in [5.74, 6) is 0.474. The van der Waals surface area contributed by atoms with Crippen LogP contribution in [-0.4, -0.2) is 55.0 Å². The van der Waals surface area contributed by atoms with Crippen molar-refractivity contribution in [2.45, 2.75) is 26.3 Å². The van der Waals surface area contributed by atoms with E-state index in [0.29, 0.717) is 5.91 Å². The Hall–Kier alpha value is -1.75. The molecule has 0 bridgehead atoms. The van der Waals surface area contributed by atoms with E-state index in [-0.39, 0.29) is 5.92 Å². The lowest BCUT2D eigenvalue weighted by molar-refractivity contribution is -0.137. The number of carbonyl (C=O) groups is 1. The van der Waals surface area contributed by atoms with E-state index in [4.69, 9.17) is 23.2 Å². The summed E-state index contributed by atoms with van der Waals surface area (Å²) >= 11 is 12.5. The minimum atomic E-state index is 0.145. The van der Waals surface area contributed by atoms with E-state index in [1.54, 1.807) is 0 Å². The Morgan fingerprint density at radius 2 is 1.67 bits per heavy atom. The maximum atomic E-state index is 13.1. The lowest BCUT2D eigenvalue weighted by Gasteiger charge is -2.39. The molecule has 0 spiro atoms. The first kappa shape index (κ1) is 21.5. The van der Waals surface area contributed by atoms with Crippen molar-refractivity contribution in [2.75, 3.05) is 44.2 Å². The number of carbonyl (C=O) groups excluding carboxylic acids is 1. The highest BCUT2D eigenvalue weighted by Crippen LogP contribution is 2.27. The summed E-state index contributed by atoms with van der Waals surface area (Å²) in [6.07, 6.45) is 1.85. The van der Waals surface area contributed by atoms with Gasteiger partial charge in [-0.05, 0) is 62.2 Å². The fraction of sp³-hybridized carbons (Fsp3) is 0.458. The van der Waals surface area contributed by atoms with Crippen molar-refractivity contribution in [2.24, 2.45) is 5.92 Å². The van der Waals surface area contributed by atoms with Crippen LogP contribution in [0.4, 0.5) is 5.69 Å². The molecule has 2 aliphatic heterocycles. The van der Waals surface area contributed by atoms with E-state index in [1.807, 2.05) is 30.3 Å². The Morgan fingerprint density at radius 3 is 2.37 bits per heavy atom. The Bertz CT molecular complexity index is 888. The van der Waals surface area contributed by atoms with Crippen molar-refractivity contribution >= 4 is 34.8 Å². The van der Waals surface area contributed by atoms with Crippen LogP contribution in [0.2, 0.25) is 10.0 Å². The molecule has 6 heteroatoms. The number of likely N-dealkylation sites (tertiary alicyclic amines) is 1. The lowest BCUT2D eigenvalue weighted by Crippen LogP contribution is -2.51. The molecule has 2 aromatic rings. The van der Waals surface area contributed by atoms with E-state index in [9.17, 15) is 4.79 Å². The molecule has 0 atom stereocenters.